The summed E-state index contributed by atoms with van der Waals surface area (Å²) in [7, 11) is 0. The van der Waals surface area contributed by atoms with Gasteiger partial charge in [-0.2, -0.15) is 0 Å². The fourth-order valence-electron chi connectivity index (χ4n) is 2.42. The Labute approximate surface area is 99.6 Å². The van der Waals surface area contributed by atoms with E-state index >= 15 is 0 Å². The molecule has 1 aliphatic rings. The Morgan fingerprint density at radius 2 is 2.00 bits per heavy atom. The first-order chi connectivity index (χ1) is 7.59. The normalized spacial score (nSPS) is 32.6. The Morgan fingerprint density at radius 3 is 2.50 bits per heavy atom. The molecule has 3 heteroatoms. The topological polar surface area (TPSA) is 41.5 Å². The minimum Gasteiger partial charge on any atom is -0.390 e. The smallest absolute Gasteiger partial charge is 0.0646 e. The largest absolute Gasteiger partial charge is 0.390 e. The number of nitrogens with one attached hydrogen (secondary N) is 1. The van der Waals surface area contributed by atoms with Gasteiger partial charge >= 0.3 is 0 Å². The van der Waals surface area contributed by atoms with Crippen molar-refractivity contribution in [1.29, 1.82) is 0 Å². The van der Waals surface area contributed by atoms with Crippen LogP contribution in [-0.2, 0) is 4.74 Å². The lowest BCUT2D eigenvalue weighted by atomic mass is 9.80. The molecular formula is C13H27NO2. The fourth-order valence-corrected chi connectivity index (χ4v) is 2.42. The summed E-state index contributed by atoms with van der Waals surface area (Å²) in [6.45, 7) is 7.83. The molecule has 0 aromatic rings. The second-order valence-electron chi connectivity index (χ2n) is 5.08. The van der Waals surface area contributed by atoms with Crippen LogP contribution in [0.5, 0.6) is 0 Å². The van der Waals surface area contributed by atoms with E-state index in [1.54, 1.807) is 0 Å². The molecule has 0 saturated heterocycles. The molecule has 0 aromatic carbocycles. The summed E-state index contributed by atoms with van der Waals surface area (Å²) in [4.78, 5) is 0. The van der Waals surface area contributed by atoms with E-state index in [9.17, 15) is 5.11 Å². The molecule has 1 unspecified atom stereocenters. The Morgan fingerprint density at radius 1 is 1.38 bits per heavy atom. The Bertz CT molecular complexity index is 188. The summed E-state index contributed by atoms with van der Waals surface area (Å²) < 4.78 is 5.39. The maximum atomic E-state index is 10.1. The van der Waals surface area contributed by atoms with Gasteiger partial charge < -0.3 is 15.2 Å². The summed E-state index contributed by atoms with van der Waals surface area (Å²) in [5.74, 6) is 0. The van der Waals surface area contributed by atoms with E-state index in [-0.39, 0.29) is 5.60 Å². The van der Waals surface area contributed by atoms with Crippen molar-refractivity contribution in [2.45, 2.75) is 70.6 Å². The van der Waals surface area contributed by atoms with E-state index in [4.69, 9.17) is 4.74 Å². The first kappa shape index (κ1) is 13.9. The first-order valence-electron chi connectivity index (χ1n) is 6.66. The SMILES string of the molecule is CCOCC(C)NC1CCC(O)(CC)CC1. The molecule has 1 saturated carbocycles. The number of aliphatic hydroxyl groups is 1. The summed E-state index contributed by atoms with van der Waals surface area (Å²) in [6.07, 6.45) is 4.92. The van der Waals surface area contributed by atoms with Crippen LogP contribution in [0.1, 0.15) is 52.9 Å². The van der Waals surface area contributed by atoms with E-state index in [0.717, 1.165) is 45.3 Å². The van der Waals surface area contributed by atoms with Crippen molar-refractivity contribution in [1.82, 2.24) is 5.32 Å². The van der Waals surface area contributed by atoms with E-state index in [2.05, 4.69) is 19.2 Å². The molecule has 0 amide bonds. The second kappa shape index (κ2) is 6.58. The van der Waals surface area contributed by atoms with Crippen LogP contribution >= 0.6 is 0 Å². The van der Waals surface area contributed by atoms with Crippen molar-refractivity contribution in [2.75, 3.05) is 13.2 Å². The molecule has 0 aliphatic heterocycles. The Hall–Kier alpha value is -0.120. The number of rotatable bonds is 6. The van der Waals surface area contributed by atoms with Gasteiger partial charge in [0.1, 0.15) is 0 Å². The maximum Gasteiger partial charge on any atom is 0.0646 e. The molecule has 1 rings (SSSR count). The highest BCUT2D eigenvalue weighted by molar-refractivity contribution is 4.87. The zero-order valence-electron chi connectivity index (χ0n) is 11.0. The monoisotopic (exact) mass is 229 g/mol. The third kappa shape index (κ3) is 4.40. The van der Waals surface area contributed by atoms with Gasteiger partial charge in [0.2, 0.25) is 0 Å². The third-order valence-electron chi connectivity index (χ3n) is 3.67. The van der Waals surface area contributed by atoms with Gasteiger partial charge in [-0.15, -0.1) is 0 Å². The van der Waals surface area contributed by atoms with Crippen molar-refractivity contribution >= 4 is 0 Å². The lowest BCUT2D eigenvalue weighted by Gasteiger charge is -2.36. The molecule has 1 aliphatic carbocycles. The molecule has 96 valence electrons. The molecule has 2 N–H and O–H groups in total. The van der Waals surface area contributed by atoms with Gasteiger partial charge in [0, 0.05) is 18.7 Å². The minimum atomic E-state index is -0.388. The van der Waals surface area contributed by atoms with E-state index in [1.807, 2.05) is 6.92 Å². The highest BCUT2D eigenvalue weighted by atomic mass is 16.5. The standard InChI is InChI=1S/C13H27NO2/c1-4-13(15)8-6-12(7-9-13)14-11(3)10-16-5-2/h11-12,14-15H,4-10H2,1-3H3. The molecule has 1 fully saturated rings. The third-order valence-corrected chi connectivity index (χ3v) is 3.67. The van der Waals surface area contributed by atoms with E-state index in [0.29, 0.717) is 12.1 Å². The molecule has 16 heavy (non-hydrogen) atoms. The molecule has 0 heterocycles. The van der Waals surface area contributed by atoms with Gasteiger partial charge in [0.25, 0.3) is 0 Å². The van der Waals surface area contributed by atoms with Crippen LogP contribution in [0, 0.1) is 0 Å². The Kier molecular flexibility index (Phi) is 5.73. The van der Waals surface area contributed by atoms with E-state index < -0.39 is 0 Å². The highest BCUT2D eigenvalue weighted by Gasteiger charge is 2.31. The van der Waals surface area contributed by atoms with Gasteiger partial charge in [-0.05, 0) is 46.0 Å². The minimum absolute atomic E-state index is 0.388. The van der Waals surface area contributed by atoms with Crippen LogP contribution < -0.4 is 5.32 Å². The number of ether oxygens (including phenoxy) is 1. The molecule has 0 bridgehead atoms. The summed E-state index contributed by atoms with van der Waals surface area (Å²) >= 11 is 0. The van der Waals surface area contributed by atoms with Gasteiger partial charge in [-0.1, -0.05) is 6.92 Å². The van der Waals surface area contributed by atoms with Gasteiger partial charge in [-0.25, -0.2) is 0 Å². The number of hydrogen-bond donors (Lipinski definition) is 2. The average Bonchev–Trinajstić information content (AvgIpc) is 2.30. The Balaban J connectivity index is 2.21. The molecule has 3 nitrogen and oxygen atoms in total. The molecule has 0 spiro atoms. The van der Waals surface area contributed by atoms with E-state index in [1.165, 1.54) is 0 Å². The number of hydrogen-bond acceptors (Lipinski definition) is 3. The van der Waals surface area contributed by atoms with Gasteiger partial charge in [0.15, 0.2) is 0 Å². The zero-order chi connectivity index (χ0) is 12.0. The van der Waals surface area contributed by atoms with Crippen LogP contribution in [0.15, 0.2) is 0 Å². The van der Waals surface area contributed by atoms with Crippen molar-refractivity contribution < 1.29 is 9.84 Å². The molecule has 1 atom stereocenters. The predicted molar refractivity (Wildman–Crippen MR) is 66.6 cm³/mol. The van der Waals surface area contributed by atoms with Crippen LogP contribution in [0.25, 0.3) is 0 Å². The predicted octanol–water partition coefficient (Wildman–Crippen LogP) is 2.08. The van der Waals surface area contributed by atoms with Gasteiger partial charge in [-0.3, -0.25) is 0 Å². The summed E-state index contributed by atoms with van der Waals surface area (Å²) in [6, 6.07) is 0.972. The summed E-state index contributed by atoms with van der Waals surface area (Å²) in [5.41, 5.74) is -0.388. The molecular weight excluding hydrogens is 202 g/mol. The quantitative estimate of drug-likeness (QED) is 0.733. The van der Waals surface area contributed by atoms with Crippen LogP contribution in [0.2, 0.25) is 0 Å². The zero-order valence-corrected chi connectivity index (χ0v) is 11.0. The van der Waals surface area contributed by atoms with Gasteiger partial charge in [0.05, 0.1) is 12.2 Å². The first-order valence-corrected chi connectivity index (χ1v) is 6.66. The second-order valence-corrected chi connectivity index (χ2v) is 5.08. The lowest BCUT2D eigenvalue weighted by Crippen LogP contribution is -2.45. The lowest BCUT2D eigenvalue weighted by molar-refractivity contribution is -0.00882. The fraction of sp³-hybridized carbons (Fsp3) is 1.00. The van der Waals surface area contributed by atoms with Crippen LogP contribution in [0.3, 0.4) is 0 Å². The van der Waals surface area contributed by atoms with Crippen LogP contribution in [-0.4, -0.2) is 36.0 Å². The van der Waals surface area contributed by atoms with Crippen molar-refractivity contribution in [3.8, 4) is 0 Å². The van der Waals surface area contributed by atoms with Crippen molar-refractivity contribution in [3.05, 3.63) is 0 Å². The summed E-state index contributed by atoms with van der Waals surface area (Å²) in [5, 5.41) is 13.7. The molecule has 0 aromatic heterocycles. The van der Waals surface area contributed by atoms with Crippen LogP contribution in [0.4, 0.5) is 0 Å². The van der Waals surface area contributed by atoms with Crippen molar-refractivity contribution in [2.24, 2.45) is 0 Å². The molecule has 0 radical (unpaired) electrons. The highest BCUT2D eigenvalue weighted by Crippen LogP contribution is 2.30. The average molecular weight is 229 g/mol. The van der Waals surface area contributed by atoms with Crippen molar-refractivity contribution in [3.63, 3.8) is 0 Å². The maximum absolute atomic E-state index is 10.1.